The fraction of sp³-hybridized carbons (Fsp3) is 0.167. The van der Waals surface area contributed by atoms with Gasteiger partial charge in [-0.15, -0.1) is 0 Å². The van der Waals surface area contributed by atoms with E-state index in [0.29, 0.717) is 0 Å². The van der Waals surface area contributed by atoms with E-state index in [-0.39, 0.29) is 15.8 Å². The average Bonchev–Trinajstić information content (AvgIpc) is 2.46. The molecule has 1 heterocycles. The molecule has 0 bridgehead atoms. The zero-order valence-corrected chi connectivity index (χ0v) is 12.8. The standard InChI is InChI=1S/C12H7ClF3NO5S/c1-21-11(18)9-10(22-23(19,20)12(14,15)16)6-3-2-4-8(13)7(6)5-17-9/h2-5H,1H3. The van der Waals surface area contributed by atoms with E-state index in [1.165, 1.54) is 18.2 Å². The molecule has 0 atom stereocenters. The maximum absolute atomic E-state index is 12.5. The molecule has 23 heavy (non-hydrogen) atoms. The van der Waals surface area contributed by atoms with Gasteiger partial charge in [-0.1, -0.05) is 23.7 Å². The first-order chi connectivity index (χ1) is 10.6. The summed E-state index contributed by atoms with van der Waals surface area (Å²) in [5.74, 6) is -2.08. The number of methoxy groups -OCH3 is 1. The molecule has 124 valence electrons. The van der Waals surface area contributed by atoms with Gasteiger partial charge in [-0.3, -0.25) is 0 Å². The molecular formula is C12H7ClF3NO5S. The summed E-state index contributed by atoms with van der Waals surface area (Å²) in [5.41, 5.74) is -6.41. The van der Waals surface area contributed by atoms with E-state index in [2.05, 4.69) is 13.9 Å². The Labute approximate surface area is 132 Å². The first-order valence-corrected chi connectivity index (χ1v) is 7.53. The van der Waals surface area contributed by atoms with Crippen LogP contribution in [-0.4, -0.2) is 32.0 Å². The summed E-state index contributed by atoms with van der Waals surface area (Å²) >= 11 is 5.87. The molecule has 0 spiro atoms. The van der Waals surface area contributed by atoms with Crippen LogP contribution in [0.5, 0.6) is 5.75 Å². The van der Waals surface area contributed by atoms with Crippen LogP contribution in [0, 0.1) is 0 Å². The minimum atomic E-state index is -6.01. The number of halogens is 4. The third-order valence-corrected chi connectivity index (χ3v) is 3.97. The van der Waals surface area contributed by atoms with Crippen LogP contribution in [0.4, 0.5) is 13.2 Å². The summed E-state index contributed by atoms with van der Waals surface area (Å²) in [7, 11) is -5.06. The van der Waals surface area contributed by atoms with Gasteiger partial charge in [0.1, 0.15) is 0 Å². The highest BCUT2D eigenvalue weighted by Gasteiger charge is 2.49. The van der Waals surface area contributed by atoms with Crippen molar-refractivity contribution >= 4 is 38.5 Å². The van der Waals surface area contributed by atoms with E-state index >= 15 is 0 Å². The number of aromatic nitrogens is 1. The van der Waals surface area contributed by atoms with Crippen LogP contribution in [0.3, 0.4) is 0 Å². The average molecular weight is 370 g/mol. The number of esters is 1. The van der Waals surface area contributed by atoms with Crippen molar-refractivity contribution < 1.29 is 35.3 Å². The number of rotatable bonds is 3. The first kappa shape index (κ1) is 17.3. The number of ether oxygens (including phenoxy) is 1. The molecule has 1 aromatic carbocycles. The zero-order chi connectivity index (χ0) is 17.4. The summed E-state index contributed by atoms with van der Waals surface area (Å²) in [6.07, 6.45) is 1.09. The molecule has 0 fully saturated rings. The molecule has 0 radical (unpaired) electrons. The Morgan fingerprint density at radius 3 is 2.48 bits per heavy atom. The van der Waals surface area contributed by atoms with Gasteiger partial charge >= 0.3 is 21.6 Å². The zero-order valence-electron chi connectivity index (χ0n) is 11.2. The summed E-state index contributed by atoms with van der Waals surface area (Å²) in [6, 6.07) is 3.99. The van der Waals surface area contributed by atoms with Gasteiger partial charge in [-0.2, -0.15) is 21.6 Å². The quantitative estimate of drug-likeness (QED) is 0.470. The number of pyridine rings is 1. The second-order valence-electron chi connectivity index (χ2n) is 4.11. The van der Waals surface area contributed by atoms with Gasteiger partial charge < -0.3 is 8.92 Å². The van der Waals surface area contributed by atoms with Gasteiger partial charge in [-0.25, -0.2) is 9.78 Å². The van der Waals surface area contributed by atoms with Crippen LogP contribution in [0.25, 0.3) is 10.8 Å². The Morgan fingerprint density at radius 2 is 1.91 bits per heavy atom. The van der Waals surface area contributed by atoms with Crippen molar-refractivity contribution in [2.24, 2.45) is 0 Å². The molecular weight excluding hydrogens is 363 g/mol. The molecule has 0 aliphatic rings. The number of carbonyl (C=O) groups is 1. The van der Waals surface area contributed by atoms with Crippen LogP contribution >= 0.6 is 11.6 Å². The highest BCUT2D eigenvalue weighted by atomic mass is 35.5. The van der Waals surface area contributed by atoms with Crippen LogP contribution < -0.4 is 4.18 Å². The van der Waals surface area contributed by atoms with Gasteiger partial charge in [0.05, 0.1) is 12.1 Å². The smallest absolute Gasteiger partial charge is 0.464 e. The second kappa shape index (κ2) is 5.85. The maximum Gasteiger partial charge on any atom is 0.534 e. The lowest BCUT2D eigenvalue weighted by atomic mass is 10.1. The fourth-order valence-electron chi connectivity index (χ4n) is 1.66. The predicted octanol–water partition coefficient (Wildman–Crippen LogP) is 2.90. The number of nitrogens with zero attached hydrogens (tertiary/aromatic N) is 1. The lowest BCUT2D eigenvalue weighted by Crippen LogP contribution is -2.29. The Balaban J connectivity index is 2.77. The van der Waals surface area contributed by atoms with E-state index in [1.807, 2.05) is 0 Å². The van der Waals surface area contributed by atoms with Crippen molar-refractivity contribution in [1.82, 2.24) is 4.98 Å². The minimum Gasteiger partial charge on any atom is -0.464 e. The predicted molar refractivity (Wildman–Crippen MR) is 73.7 cm³/mol. The number of hydrogen-bond acceptors (Lipinski definition) is 6. The van der Waals surface area contributed by atoms with Crippen molar-refractivity contribution in [3.8, 4) is 5.75 Å². The van der Waals surface area contributed by atoms with Crippen LogP contribution in [0.1, 0.15) is 10.5 Å². The molecule has 1 aromatic heterocycles. The van der Waals surface area contributed by atoms with Gasteiger partial charge in [0, 0.05) is 17.0 Å². The molecule has 0 aliphatic carbocycles. The van der Waals surface area contributed by atoms with Gasteiger partial charge in [-0.05, 0) is 6.07 Å². The topological polar surface area (TPSA) is 82.6 Å². The van der Waals surface area contributed by atoms with E-state index in [4.69, 9.17) is 11.6 Å². The molecule has 2 rings (SSSR count). The molecule has 0 saturated carbocycles. The lowest BCUT2D eigenvalue weighted by molar-refractivity contribution is -0.0500. The number of hydrogen-bond donors (Lipinski definition) is 0. The third-order valence-electron chi connectivity index (χ3n) is 2.69. The van der Waals surface area contributed by atoms with Gasteiger partial charge in [0.15, 0.2) is 11.4 Å². The number of carbonyl (C=O) groups excluding carboxylic acids is 1. The molecule has 11 heteroatoms. The van der Waals surface area contributed by atoms with E-state index < -0.39 is 33.0 Å². The van der Waals surface area contributed by atoms with E-state index in [0.717, 1.165) is 13.3 Å². The Morgan fingerprint density at radius 1 is 1.26 bits per heavy atom. The number of fused-ring (bicyclic) bond motifs is 1. The summed E-state index contributed by atoms with van der Waals surface area (Å²) in [6.45, 7) is 0. The van der Waals surface area contributed by atoms with Gasteiger partial charge in [0.25, 0.3) is 0 Å². The van der Waals surface area contributed by atoms with Crippen molar-refractivity contribution in [1.29, 1.82) is 0 Å². The highest BCUT2D eigenvalue weighted by molar-refractivity contribution is 7.88. The molecule has 0 unspecified atom stereocenters. The van der Waals surface area contributed by atoms with Crippen molar-refractivity contribution in [2.45, 2.75) is 5.51 Å². The second-order valence-corrected chi connectivity index (χ2v) is 6.06. The first-order valence-electron chi connectivity index (χ1n) is 5.75. The number of benzene rings is 1. The van der Waals surface area contributed by atoms with Crippen LogP contribution in [-0.2, 0) is 14.9 Å². The molecule has 0 N–H and O–H groups in total. The van der Waals surface area contributed by atoms with Crippen LogP contribution in [0.2, 0.25) is 5.02 Å². The Hall–Kier alpha value is -2.07. The molecule has 0 saturated heterocycles. The largest absolute Gasteiger partial charge is 0.534 e. The van der Waals surface area contributed by atoms with E-state index in [1.54, 1.807) is 0 Å². The van der Waals surface area contributed by atoms with E-state index in [9.17, 15) is 26.4 Å². The van der Waals surface area contributed by atoms with Crippen molar-refractivity contribution in [3.63, 3.8) is 0 Å². The Kier molecular flexibility index (Phi) is 4.40. The monoisotopic (exact) mass is 369 g/mol. The molecule has 0 amide bonds. The summed E-state index contributed by atoms with van der Waals surface area (Å²) in [4.78, 5) is 15.2. The molecule has 0 aliphatic heterocycles. The molecule has 2 aromatic rings. The summed E-state index contributed by atoms with van der Waals surface area (Å²) < 4.78 is 68.6. The molecule has 6 nitrogen and oxygen atoms in total. The highest BCUT2D eigenvalue weighted by Crippen LogP contribution is 2.36. The lowest BCUT2D eigenvalue weighted by Gasteiger charge is -2.14. The SMILES string of the molecule is COC(=O)c1ncc2c(Cl)cccc2c1OS(=O)(=O)C(F)(F)F. The fourth-order valence-corrected chi connectivity index (χ4v) is 2.37. The maximum atomic E-state index is 12.5. The third kappa shape index (κ3) is 3.17. The van der Waals surface area contributed by atoms with Crippen molar-refractivity contribution in [3.05, 3.63) is 35.1 Å². The minimum absolute atomic E-state index is 0.0840. The number of alkyl halides is 3. The van der Waals surface area contributed by atoms with Gasteiger partial charge in [0.2, 0.25) is 0 Å². The van der Waals surface area contributed by atoms with Crippen molar-refractivity contribution in [2.75, 3.05) is 7.11 Å². The summed E-state index contributed by atoms with van der Waals surface area (Å²) in [5, 5.41) is 0.0515. The normalized spacial score (nSPS) is 12.2. The van der Waals surface area contributed by atoms with Crippen LogP contribution in [0.15, 0.2) is 24.4 Å². The Bertz CT molecular complexity index is 882.